The highest BCUT2D eigenvalue weighted by Crippen LogP contribution is 2.22. The van der Waals surface area contributed by atoms with Gasteiger partial charge in [0.05, 0.1) is 10.7 Å². The van der Waals surface area contributed by atoms with E-state index in [4.69, 9.17) is 9.26 Å². The molecule has 0 fully saturated rings. The fourth-order valence-corrected chi connectivity index (χ4v) is 3.14. The molecule has 0 aliphatic heterocycles. The van der Waals surface area contributed by atoms with Crippen molar-refractivity contribution in [2.45, 2.75) is 11.5 Å². The van der Waals surface area contributed by atoms with E-state index in [1.165, 1.54) is 35.2 Å². The lowest BCUT2D eigenvalue weighted by Gasteiger charge is -2.02. The number of carbonyl (C=O) groups excluding carboxylic acids is 1. The number of benzene rings is 1. The molecule has 3 aromatic rings. The lowest BCUT2D eigenvalue weighted by molar-refractivity contribution is -0.384. The minimum absolute atomic E-state index is 0.00440. The van der Waals surface area contributed by atoms with Crippen LogP contribution in [-0.4, -0.2) is 26.8 Å². The third-order valence-electron chi connectivity index (χ3n) is 3.01. The van der Waals surface area contributed by atoms with Crippen molar-refractivity contribution in [3.05, 3.63) is 57.1 Å². The largest absolute Gasteiger partial charge is 0.455 e. The Morgan fingerprint density at radius 1 is 1.32 bits per heavy atom. The molecule has 2 aromatic heterocycles. The summed E-state index contributed by atoms with van der Waals surface area (Å²) in [6.45, 7) is -0.100. The first kappa shape index (κ1) is 17.1. The van der Waals surface area contributed by atoms with E-state index in [1.807, 2.05) is 16.8 Å². The van der Waals surface area contributed by atoms with E-state index in [1.54, 1.807) is 12.1 Å². The van der Waals surface area contributed by atoms with Crippen LogP contribution in [0.3, 0.4) is 0 Å². The predicted molar refractivity (Wildman–Crippen MR) is 91.2 cm³/mol. The first-order valence-corrected chi connectivity index (χ1v) is 8.92. The summed E-state index contributed by atoms with van der Waals surface area (Å²) in [5, 5.41) is 18.2. The summed E-state index contributed by atoms with van der Waals surface area (Å²) >= 11 is 2.75. The smallest absolute Gasteiger partial charge is 0.316 e. The van der Waals surface area contributed by atoms with Crippen LogP contribution in [-0.2, 0) is 16.1 Å². The van der Waals surface area contributed by atoms with E-state index >= 15 is 0 Å². The van der Waals surface area contributed by atoms with Crippen LogP contribution in [0, 0.1) is 10.1 Å². The first-order chi connectivity index (χ1) is 12.1. The normalized spacial score (nSPS) is 10.6. The van der Waals surface area contributed by atoms with E-state index in [2.05, 4.69) is 10.1 Å². The molecule has 0 saturated carbocycles. The minimum Gasteiger partial charge on any atom is -0.455 e. The Balaban J connectivity index is 1.46. The van der Waals surface area contributed by atoms with E-state index in [-0.39, 0.29) is 23.9 Å². The molecule has 0 aliphatic rings. The topological polar surface area (TPSA) is 108 Å². The van der Waals surface area contributed by atoms with Crippen LogP contribution in [0.25, 0.3) is 11.4 Å². The number of nitro benzene ring substituents is 1. The van der Waals surface area contributed by atoms with Crippen LogP contribution in [0.15, 0.2) is 50.5 Å². The van der Waals surface area contributed by atoms with Crippen molar-refractivity contribution in [2.24, 2.45) is 0 Å². The molecule has 0 saturated heterocycles. The number of nitrogens with zero attached hydrogens (tertiary/aromatic N) is 3. The number of thioether (sulfide) groups is 1. The Kier molecular flexibility index (Phi) is 5.41. The van der Waals surface area contributed by atoms with Crippen LogP contribution in [0.1, 0.15) is 5.89 Å². The zero-order chi connectivity index (χ0) is 17.6. The predicted octanol–water partition coefficient (Wildman–Crippen LogP) is 3.54. The van der Waals surface area contributed by atoms with Crippen molar-refractivity contribution in [3.63, 3.8) is 0 Å². The highest BCUT2D eigenvalue weighted by Gasteiger charge is 2.12. The second-order valence-corrected chi connectivity index (χ2v) is 6.55. The number of non-ortho nitro benzene ring substituents is 1. The molecular formula is C15H11N3O5S2. The lowest BCUT2D eigenvalue weighted by Crippen LogP contribution is -2.07. The number of hydrogen-bond acceptors (Lipinski definition) is 9. The molecule has 10 heteroatoms. The van der Waals surface area contributed by atoms with Gasteiger partial charge < -0.3 is 9.26 Å². The highest BCUT2D eigenvalue weighted by molar-refractivity contribution is 8.00. The summed E-state index contributed by atoms with van der Waals surface area (Å²) in [5.74, 6) is 0.296. The third kappa shape index (κ3) is 4.64. The monoisotopic (exact) mass is 377 g/mol. The van der Waals surface area contributed by atoms with Crippen molar-refractivity contribution in [3.8, 4) is 11.4 Å². The van der Waals surface area contributed by atoms with Gasteiger partial charge in [-0.25, -0.2) is 0 Å². The number of esters is 1. The molecule has 0 aliphatic carbocycles. The minimum atomic E-state index is -0.475. The Morgan fingerprint density at radius 2 is 2.12 bits per heavy atom. The van der Waals surface area contributed by atoms with Crippen LogP contribution in [0.5, 0.6) is 0 Å². The Morgan fingerprint density at radius 3 is 2.80 bits per heavy atom. The molecule has 0 unspecified atom stereocenters. The van der Waals surface area contributed by atoms with Crippen molar-refractivity contribution in [2.75, 3.05) is 5.75 Å². The molecule has 0 N–H and O–H groups in total. The van der Waals surface area contributed by atoms with Crippen LogP contribution in [0.4, 0.5) is 5.69 Å². The fourth-order valence-electron chi connectivity index (χ4n) is 1.81. The fraction of sp³-hybridized carbons (Fsp3) is 0.133. The Bertz CT molecular complexity index is 862. The first-order valence-electron chi connectivity index (χ1n) is 7.00. The zero-order valence-corrected chi connectivity index (χ0v) is 14.3. The molecule has 0 atom stereocenters. The van der Waals surface area contributed by atoms with Crippen molar-refractivity contribution < 1.29 is 19.0 Å². The summed E-state index contributed by atoms with van der Waals surface area (Å²) in [7, 11) is 0. The molecule has 0 bridgehead atoms. The maximum atomic E-state index is 11.8. The third-order valence-corrected chi connectivity index (χ3v) is 4.68. The van der Waals surface area contributed by atoms with Gasteiger partial charge in [-0.1, -0.05) is 5.16 Å². The molecule has 0 radical (unpaired) electrons. The van der Waals surface area contributed by atoms with Crippen LogP contribution < -0.4 is 0 Å². The Labute approximate surface area is 150 Å². The maximum Gasteiger partial charge on any atom is 0.316 e. The van der Waals surface area contributed by atoms with Crippen LogP contribution >= 0.6 is 23.1 Å². The molecular weight excluding hydrogens is 366 g/mol. The number of carbonyl (C=O) groups is 1. The van der Waals surface area contributed by atoms with Gasteiger partial charge >= 0.3 is 5.97 Å². The van der Waals surface area contributed by atoms with Crippen molar-refractivity contribution >= 4 is 34.8 Å². The van der Waals surface area contributed by atoms with Crippen molar-refractivity contribution in [1.29, 1.82) is 0 Å². The van der Waals surface area contributed by atoms with E-state index in [0.29, 0.717) is 5.82 Å². The van der Waals surface area contributed by atoms with Gasteiger partial charge in [0.2, 0.25) is 5.82 Å². The van der Waals surface area contributed by atoms with Gasteiger partial charge in [0.25, 0.3) is 11.6 Å². The number of nitro groups is 1. The lowest BCUT2D eigenvalue weighted by atomic mass is 10.3. The van der Waals surface area contributed by atoms with Gasteiger partial charge in [-0.05, 0) is 23.6 Å². The molecule has 128 valence electrons. The van der Waals surface area contributed by atoms with E-state index < -0.39 is 10.9 Å². The zero-order valence-electron chi connectivity index (χ0n) is 12.7. The summed E-state index contributed by atoms with van der Waals surface area (Å²) < 4.78 is 10.1. The van der Waals surface area contributed by atoms with E-state index in [0.717, 1.165) is 10.5 Å². The summed E-state index contributed by atoms with van der Waals surface area (Å²) in [6, 6.07) is 7.81. The maximum absolute atomic E-state index is 11.8. The highest BCUT2D eigenvalue weighted by atomic mass is 32.2. The SMILES string of the molecule is O=C(CSc1ccc([N+](=O)[O-])cc1)OCc1nc(-c2ccsc2)no1. The van der Waals surface area contributed by atoms with Gasteiger partial charge in [-0.2, -0.15) is 16.3 Å². The number of hydrogen-bond donors (Lipinski definition) is 0. The van der Waals surface area contributed by atoms with Gasteiger partial charge in [-0.15, -0.1) is 11.8 Å². The van der Waals surface area contributed by atoms with Crippen molar-refractivity contribution in [1.82, 2.24) is 10.1 Å². The van der Waals surface area contributed by atoms with Gasteiger partial charge in [0.15, 0.2) is 6.61 Å². The second-order valence-electron chi connectivity index (χ2n) is 4.72. The molecule has 0 amide bonds. The number of ether oxygens (including phenoxy) is 1. The molecule has 25 heavy (non-hydrogen) atoms. The quantitative estimate of drug-likeness (QED) is 0.266. The number of thiophene rings is 1. The average molecular weight is 377 g/mol. The van der Waals surface area contributed by atoms with Gasteiger partial charge in [0, 0.05) is 28.0 Å². The van der Waals surface area contributed by atoms with Gasteiger partial charge in [-0.3, -0.25) is 14.9 Å². The molecule has 3 rings (SSSR count). The summed E-state index contributed by atoms with van der Waals surface area (Å²) in [4.78, 5) is 26.8. The molecule has 2 heterocycles. The van der Waals surface area contributed by atoms with Gasteiger partial charge in [0.1, 0.15) is 0 Å². The molecule has 8 nitrogen and oxygen atoms in total. The second kappa shape index (κ2) is 7.90. The molecule has 1 aromatic carbocycles. The average Bonchev–Trinajstić information content (AvgIpc) is 3.29. The van der Waals surface area contributed by atoms with E-state index in [9.17, 15) is 14.9 Å². The molecule has 0 spiro atoms. The number of aromatic nitrogens is 2. The summed E-state index contributed by atoms with van der Waals surface area (Å²) in [6.07, 6.45) is 0. The Hall–Kier alpha value is -2.72. The number of rotatable bonds is 7. The summed E-state index contributed by atoms with van der Waals surface area (Å²) in [5.41, 5.74) is 0.852. The van der Waals surface area contributed by atoms with Crippen LogP contribution in [0.2, 0.25) is 0 Å². The standard InChI is InChI=1S/C15H11N3O5S2/c19-14(9-25-12-3-1-11(2-4-12)18(20)21)22-7-13-16-15(17-23-13)10-5-6-24-8-10/h1-6,8H,7,9H2.